The Morgan fingerprint density at radius 2 is 2.00 bits per heavy atom. The summed E-state index contributed by atoms with van der Waals surface area (Å²) in [5, 5.41) is 21.4. The Morgan fingerprint density at radius 3 is 2.50 bits per heavy atom. The average Bonchev–Trinajstić information content (AvgIpc) is 2.03. The van der Waals surface area contributed by atoms with Crippen LogP contribution < -0.4 is 5.32 Å². The van der Waals surface area contributed by atoms with Crippen molar-refractivity contribution in [1.82, 2.24) is 5.32 Å². The fourth-order valence-electron chi connectivity index (χ4n) is 1.05. The molecule has 0 unspecified atom stereocenters. The van der Waals surface area contributed by atoms with Crippen LogP contribution >= 0.6 is 0 Å². The Bertz CT molecular complexity index is 273. The van der Waals surface area contributed by atoms with Crippen LogP contribution in [0.2, 0.25) is 0 Å². The molecule has 0 spiro atoms. The van der Waals surface area contributed by atoms with Crippen molar-refractivity contribution in [3.63, 3.8) is 0 Å². The number of hydrogen-bond acceptors (Lipinski definition) is 3. The van der Waals surface area contributed by atoms with Crippen molar-refractivity contribution in [2.45, 2.75) is 13.0 Å². The van der Waals surface area contributed by atoms with Gasteiger partial charge in [0.2, 0.25) is 0 Å². The molecule has 0 aromatic heterocycles. The van der Waals surface area contributed by atoms with E-state index >= 15 is 0 Å². The van der Waals surface area contributed by atoms with Gasteiger partial charge in [-0.2, -0.15) is 0 Å². The second kappa shape index (κ2) is 3.45. The van der Waals surface area contributed by atoms with Crippen LogP contribution in [0.3, 0.4) is 0 Å². The summed E-state index contributed by atoms with van der Waals surface area (Å²) in [6, 6.07) is 4.68. The Balaban J connectivity index is 3.01. The molecule has 1 aromatic rings. The number of rotatable bonds is 2. The summed E-state index contributed by atoms with van der Waals surface area (Å²) < 4.78 is 0. The molecule has 3 nitrogen and oxygen atoms in total. The van der Waals surface area contributed by atoms with Crippen LogP contribution in [0.15, 0.2) is 18.2 Å². The SMILES string of the molecule is CN[C@H](C)c1ccc(O)cc1O. The first-order chi connectivity index (χ1) is 5.65. The molecule has 0 radical (unpaired) electrons. The van der Waals surface area contributed by atoms with Gasteiger partial charge in [0, 0.05) is 17.7 Å². The molecule has 0 aliphatic heterocycles. The number of hydrogen-bond donors (Lipinski definition) is 3. The number of phenolic OH excluding ortho intramolecular Hbond substituents is 2. The molecule has 1 rings (SSSR count). The van der Waals surface area contributed by atoms with Gasteiger partial charge in [-0.05, 0) is 20.0 Å². The third-order valence-electron chi connectivity index (χ3n) is 1.91. The second-order valence-electron chi connectivity index (χ2n) is 2.75. The number of nitrogens with one attached hydrogen (secondary N) is 1. The Hall–Kier alpha value is -1.22. The fourth-order valence-corrected chi connectivity index (χ4v) is 1.05. The summed E-state index contributed by atoms with van der Waals surface area (Å²) in [5.74, 6) is 0.205. The molecular formula is C9H13NO2. The van der Waals surface area contributed by atoms with Gasteiger partial charge in [0.1, 0.15) is 11.5 Å². The zero-order valence-corrected chi connectivity index (χ0v) is 7.20. The van der Waals surface area contributed by atoms with Crippen LogP contribution in [0.5, 0.6) is 11.5 Å². The van der Waals surface area contributed by atoms with Gasteiger partial charge in [-0.15, -0.1) is 0 Å². The minimum Gasteiger partial charge on any atom is -0.508 e. The quantitative estimate of drug-likeness (QED) is 0.623. The van der Waals surface area contributed by atoms with Crippen LogP contribution in [0.1, 0.15) is 18.5 Å². The van der Waals surface area contributed by atoms with E-state index < -0.39 is 0 Å². The fraction of sp³-hybridized carbons (Fsp3) is 0.333. The molecule has 0 fully saturated rings. The van der Waals surface area contributed by atoms with Crippen LogP contribution in [-0.4, -0.2) is 17.3 Å². The van der Waals surface area contributed by atoms with E-state index in [4.69, 9.17) is 5.11 Å². The lowest BCUT2D eigenvalue weighted by Gasteiger charge is -2.11. The molecule has 0 saturated carbocycles. The average molecular weight is 167 g/mol. The summed E-state index contributed by atoms with van der Waals surface area (Å²) >= 11 is 0. The molecule has 3 heteroatoms. The van der Waals surface area contributed by atoms with E-state index in [1.54, 1.807) is 12.1 Å². The minimum absolute atomic E-state index is 0.0829. The minimum atomic E-state index is 0.0829. The summed E-state index contributed by atoms with van der Waals surface area (Å²) in [5.41, 5.74) is 0.787. The van der Waals surface area contributed by atoms with E-state index in [1.165, 1.54) is 6.07 Å². The van der Waals surface area contributed by atoms with E-state index in [9.17, 15) is 5.11 Å². The van der Waals surface area contributed by atoms with Crippen molar-refractivity contribution in [1.29, 1.82) is 0 Å². The predicted molar refractivity (Wildman–Crippen MR) is 47.2 cm³/mol. The molecule has 0 amide bonds. The van der Waals surface area contributed by atoms with E-state index in [2.05, 4.69) is 5.32 Å². The first-order valence-electron chi connectivity index (χ1n) is 3.84. The maximum Gasteiger partial charge on any atom is 0.124 e. The molecule has 0 saturated heterocycles. The Morgan fingerprint density at radius 1 is 1.33 bits per heavy atom. The van der Waals surface area contributed by atoms with Crippen molar-refractivity contribution < 1.29 is 10.2 Å². The first-order valence-corrected chi connectivity index (χ1v) is 3.84. The van der Waals surface area contributed by atoms with E-state index in [0.717, 1.165) is 5.56 Å². The van der Waals surface area contributed by atoms with Gasteiger partial charge < -0.3 is 15.5 Å². The van der Waals surface area contributed by atoms with Crippen molar-refractivity contribution in [3.05, 3.63) is 23.8 Å². The third-order valence-corrected chi connectivity index (χ3v) is 1.91. The molecule has 1 aromatic carbocycles. The van der Waals surface area contributed by atoms with E-state index in [1.807, 2.05) is 14.0 Å². The summed E-state index contributed by atoms with van der Waals surface area (Å²) in [4.78, 5) is 0. The highest BCUT2D eigenvalue weighted by atomic mass is 16.3. The number of aromatic hydroxyl groups is 2. The van der Waals surface area contributed by atoms with Crippen LogP contribution in [-0.2, 0) is 0 Å². The van der Waals surface area contributed by atoms with Crippen LogP contribution in [0, 0.1) is 0 Å². The van der Waals surface area contributed by atoms with E-state index in [-0.39, 0.29) is 17.5 Å². The maximum atomic E-state index is 9.39. The van der Waals surface area contributed by atoms with Gasteiger partial charge in [0.05, 0.1) is 0 Å². The van der Waals surface area contributed by atoms with Crippen molar-refractivity contribution in [2.24, 2.45) is 0 Å². The largest absolute Gasteiger partial charge is 0.508 e. The first kappa shape index (κ1) is 8.87. The van der Waals surface area contributed by atoms with Gasteiger partial charge in [-0.1, -0.05) is 6.07 Å². The molecule has 0 aliphatic carbocycles. The van der Waals surface area contributed by atoms with E-state index in [0.29, 0.717) is 0 Å². The molecule has 3 N–H and O–H groups in total. The molecule has 0 bridgehead atoms. The monoisotopic (exact) mass is 167 g/mol. The summed E-state index contributed by atoms with van der Waals surface area (Å²) in [6.07, 6.45) is 0. The van der Waals surface area contributed by atoms with Crippen molar-refractivity contribution in [3.8, 4) is 11.5 Å². The zero-order chi connectivity index (χ0) is 9.14. The van der Waals surface area contributed by atoms with Gasteiger partial charge in [0.25, 0.3) is 0 Å². The summed E-state index contributed by atoms with van der Waals surface area (Å²) in [7, 11) is 1.82. The Kier molecular flexibility index (Phi) is 2.55. The molecule has 1 atom stereocenters. The lowest BCUT2D eigenvalue weighted by atomic mass is 10.1. The molecule has 0 heterocycles. The molecule has 12 heavy (non-hydrogen) atoms. The molecular weight excluding hydrogens is 154 g/mol. The van der Waals surface area contributed by atoms with Crippen molar-refractivity contribution in [2.75, 3.05) is 7.05 Å². The standard InChI is InChI=1S/C9H13NO2/c1-6(10-2)8-4-3-7(11)5-9(8)12/h3-6,10-12H,1-2H3/t6-/m1/s1. The van der Waals surface area contributed by atoms with Crippen LogP contribution in [0.25, 0.3) is 0 Å². The number of phenols is 2. The van der Waals surface area contributed by atoms with Crippen LogP contribution in [0.4, 0.5) is 0 Å². The predicted octanol–water partition coefficient (Wildman–Crippen LogP) is 1.38. The Labute approximate surface area is 71.7 Å². The zero-order valence-electron chi connectivity index (χ0n) is 7.20. The number of benzene rings is 1. The lowest BCUT2D eigenvalue weighted by Crippen LogP contribution is -2.12. The van der Waals surface area contributed by atoms with Gasteiger partial charge in [0.15, 0.2) is 0 Å². The lowest BCUT2D eigenvalue weighted by molar-refractivity contribution is 0.439. The molecule has 0 aliphatic rings. The van der Waals surface area contributed by atoms with Gasteiger partial charge >= 0.3 is 0 Å². The highest BCUT2D eigenvalue weighted by molar-refractivity contribution is 5.40. The van der Waals surface area contributed by atoms with Gasteiger partial charge in [-0.25, -0.2) is 0 Å². The second-order valence-corrected chi connectivity index (χ2v) is 2.75. The third kappa shape index (κ3) is 1.68. The highest BCUT2D eigenvalue weighted by Crippen LogP contribution is 2.27. The van der Waals surface area contributed by atoms with Crippen molar-refractivity contribution >= 4 is 0 Å². The maximum absolute atomic E-state index is 9.39. The topological polar surface area (TPSA) is 52.5 Å². The highest BCUT2D eigenvalue weighted by Gasteiger charge is 2.07. The van der Waals surface area contributed by atoms with Gasteiger partial charge in [-0.3, -0.25) is 0 Å². The molecule has 66 valence electrons. The summed E-state index contributed by atoms with van der Waals surface area (Å²) in [6.45, 7) is 1.94. The normalized spacial score (nSPS) is 12.8. The smallest absolute Gasteiger partial charge is 0.124 e.